The Balaban J connectivity index is 2.49. The van der Waals surface area contributed by atoms with Crippen LogP contribution in [0.15, 0.2) is 18.2 Å². The number of rotatable bonds is 1. The SMILES string of the molecule is O=C(O)C1OCCc2c(F)cccc21. The zero-order chi connectivity index (χ0) is 10.1. The fraction of sp³-hybridized carbons (Fsp3) is 0.300. The molecule has 1 N–H and O–H groups in total. The van der Waals surface area contributed by atoms with Gasteiger partial charge in [-0.25, -0.2) is 9.18 Å². The van der Waals surface area contributed by atoms with Crippen LogP contribution >= 0.6 is 0 Å². The van der Waals surface area contributed by atoms with Gasteiger partial charge in [0.15, 0.2) is 6.10 Å². The first-order valence-corrected chi connectivity index (χ1v) is 4.32. The Labute approximate surface area is 80.1 Å². The molecular formula is C10H9FO3. The van der Waals surface area contributed by atoms with E-state index in [2.05, 4.69) is 0 Å². The number of aliphatic carboxylic acids is 1. The van der Waals surface area contributed by atoms with Crippen LogP contribution < -0.4 is 0 Å². The van der Waals surface area contributed by atoms with Crippen molar-refractivity contribution in [3.63, 3.8) is 0 Å². The number of benzene rings is 1. The molecule has 4 heteroatoms. The van der Waals surface area contributed by atoms with Crippen LogP contribution in [0, 0.1) is 5.82 Å². The van der Waals surface area contributed by atoms with Crippen molar-refractivity contribution in [3.8, 4) is 0 Å². The molecule has 0 aromatic heterocycles. The van der Waals surface area contributed by atoms with Crippen molar-refractivity contribution < 1.29 is 19.0 Å². The highest BCUT2D eigenvalue weighted by atomic mass is 19.1. The lowest BCUT2D eigenvalue weighted by Crippen LogP contribution is -2.23. The summed E-state index contributed by atoms with van der Waals surface area (Å²) in [4.78, 5) is 10.8. The van der Waals surface area contributed by atoms with E-state index in [9.17, 15) is 9.18 Å². The van der Waals surface area contributed by atoms with Crippen LogP contribution in [-0.2, 0) is 16.0 Å². The Morgan fingerprint density at radius 2 is 2.36 bits per heavy atom. The van der Waals surface area contributed by atoms with Crippen LogP contribution in [0.1, 0.15) is 17.2 Å². The summed E-state index contributed by atoms with van der Waals surface area (Å²) in [6, 6.07) is 4.43. The Morgan fingerprint density at radius 3 is 3.07 bits per heavy atom. The molecule has 0 amide bonds. The van der Waals surface area contributed by atoms with Gasteiger partial charge in [0.1, 0.15) is 5.82 Å². The van der Waals surface area contributed by atoms with Crippen LogP contribution in [0.5, 0.6) is 0 Å². The van der Waals surface area contributed by atoms with E-state index < -0.39 is 12.1 Å². The molecule has 1 aromatic rings. The fourth-order valence-electron chi connectivity index (χ4n) is 1.66. The van der Waals surface area contributed by atoms with E-state index in [4.69, 9.17) is 9.84 Å². The molecule has 0 saturated carbocycles. The van der Waals surface area contributed by atoms with Crippen molar-refractivity contribution in [2.75, 3.05) is 6.61 Å². The van der Waals surface area contributed by atoms with Crippen molar-refractivity contribution in [1.29, 1.82) is 0 Å². The van der Waals surface area contributed by atoms with Gasteiger partial charge in [0.2, 0.25) is 0 Å². The summed E-state index contributed by atoms with van der Waals surface area (Å²) in [6.07, 6.45) is -0.583. The third-order valence-corrected chi connectivity index (χ3v) is 2.30. The molecule has 0 fully saturated rings. The molecule has 1 aliphatic heterocycles. The lowest BCUT2D eigenvalue weighted by Gasteiger charge is -2.22. The number of hydrogen-bond donors (Lipinski definition) is 1. The monoisotopic (exact) mass is 196 g/mol. The van der Waals surface area contributed by atoms with Gasteiger partial charge in [-0.05, 0) is 23.6 Å². The lowest BCUT2D eigenvalue weighted by molar-refractivity contribution is -0.151. The minimum atomic E-state index is -1.07. The molecule has 2 rings (SSSR count). The Morgan fingerprint density at radius 1 is 1.57 bits per heavy atom. The molecule has 0 bridgehead atoms. The number of carbonyl (C=O) groups is 1. The van der Waals surface area contributed by atoms with Crippen LogP contribution in [0.3, 0.4) is 0 Å². The lowest BCUT2D eigenvalue weighted by atomic mass is 9.97. The molecule has 1 heterocycles. The Bertz CT molecular complexity index is 376. The van der Waals surface area contributed by atoms with E-state index in [1.165, 1.54) is 12.1 Å². The predicted octanol–water partition coefficient (Wildman–Crippen LogP) is 1.52. The topological polar surface area (TPSA) is 46.5 Å². The Kier molecular flexibility index (Phi) is 2.21. The summed E-state index contributed by atoms with van der Waals surface area (Å²) >= 11 is 0. The average Bonchev–Trinajstić information content (AvgIpc) is 2.17. The molecule has 0 aliphatic carbocycles. The molecule has 74 valence electrons. The summed E-state index contributed by atoms with van der Waals surface area (Å²) in [6.45, 7) is 0.255. The normalized spacial score (nSPS) is 20.2. The predicted molar refractivity (Wildman–Crippen MR) is 46.4 cm³/mol. The maximum absolute atomic E-state index is 13.3. The van der Waals surface area contributed by atoms with Crippen molar-refractivity contribution in [2.24, 2.45) is 0 Å². The third kappa shape index (κ3) is 1.37. The van der Waals surface area contributed by atoms with Crippen molar-refractivity contribution in [2.45, 2.75) is 12.5 Å². The summed E-state index contributed by atoms with van der Waals surface area (Å²) in [5.41, 5.74) is 0.898. The first-order chi connectivity index (χ1) is 6.70. The van der Waals surface area contributed by atoms with Gasteiger partial charge in [-0.15, -0.1) is 0 Å². The van der Waals surface area contributed by atoms with Crippen LogP contribution in [0.4, 0.5) is 4.39 Å². The number of halogens is 1. The van der Waals surface area contributed by atoms with Gasteiger partial charge in [0.25, 0.3) is 0 Å². The van der Waals surface area contributed by atoms with Gasteiger partial charge in [-0.2, -0.15) is 0 Å². The second kappa shape index (κ2) is 3.38. The maximum Gasteiger partial charge on any atom is 0.337 e. The van der Waals surface area contributed by atoms with Gasteiger partial charge in [0.05, 0.1) is 6.61 Å². The molecule has 0 radical (unpaired) electrons. The van der Waals surface area contributed by atoms with Gasteiger partial charge >= 0.3 is 5.97 Å². The quantitative estimate of drug-likeness (QED) is 0.740. The highest BCUT2D eigenvalue weighted by Gasteiger charge is 2.28. The smallest absolute Gasteiger partial charge is 0.337 e. The minimum Gasteiger partial charge on any atom is -0.479 e. The molecule has 0 saturated heterocycles. The molecule has 1 aromatic carbocycles. The summed E-state index contributed by atoms with van der Waals surface area (Å²) in [5, 5.41) is 8.83. The molecule has 1 atom stereocenters. The number of carboxylic acids is 1. The number of fused-ring (bicyclic) bond motifs is 1. The van der Waals surface area contributed by atoms with E-state index >= 15 is 0 Å². The van der Waals surface area contributed by atoms with E-state index in [1.807, 2.05) is 0 Å². The van der Waals surface area contributed by atoms with Gasteiger partial charge < -0.3 is 9.84 Å². The second-order valence-corrected chi connectivity index (χ2v) is 3.15. The van der Waals surface area contributed by atoms with Crippen molar-refractivity contribution >= 4 is 5.97 Å². The van der Waals surface area contributed by atoms with E-state index in [1.54, 1.807) is 6.07 Å². The zero-order valence-corrected chi connectivity index (χ0v) is 7.37. The fourth-order valence-corrected chi connectivity index (χ4v) is 1.66. The number of hydrogen-bond acceptors (Lipinski definition) is 2. The van der Waals surface area contributed by atoms with E-state index in [0.29, 0.717) is 17.5 Å². The zero-order valence-electron chi connectivity index (χ0n) is 7.37. The molecular weight excluding hydrogens is 187 g/mol. The molecule has 1 aliphatic rings. The Hall–Kier alpha value is -1.42. The highest BCUT2D eigenvalue weighted by Crippen LogP contribution is 2.28. The molecule has 0 spiro atoms. The van der Waals surface area contributed by atoms with Crippen molar-refractivity contribution in [3.05, 3.63) is 35.1 Å². The van der Waals surface area contributed by atoms with Gasteiger partial charge in [-0.3, -0.25) is 0 Å². The van der Waals surface area contributed by atoms with Crippen LogP contribution in [-0.4, -0.2) is 17.7 Å². The van der Waals surface area contributed by atoms with E-state index in [0.717, 1.165) is 0 Å². The standard InChI is InChI=1S/C10H9FO3/c11-8-3-1-2-7-6(8)4-5-14-9(7)10(12)13/h1-3,9H,4-5H2,(H,12,13). The molecule has 3 nitrogen and oxygen atoms in total. The maximum atomic E-state index is 13.3. The van der Waals surface area contributed by atoms with Gasteiger partial charge in [0, 0.05) is 0 Å². The third-order valence-electron chi connectivity index (χ3n) is 2.30. The van der Waals surface area contributed by atoms with Crippen molar-refractivity contribution in [1.82, 2.24) is 0 Å². The first kappa shape index (κ1) is 9.15. The van der Waals surface area contributed by atoms with Crippen LogP contribution in [0.2, 0.25) is 0 Å². The summed E-state index contributed by atoms with van der Waals surface area (Å²) < 4.78 is 18.3. The second-order valence-electron chi connectivity index (χ2n) is 3.15. The average molecular weight is 196 g/mol. The number of carboxylic acid groups (broad SMARTS) is 1. The van der Waals surface area contributed by atoms with E-state index in [-0.39, 0.29) is 12.4 Å². The highest BCUT2D eigenvalue weighted by molar-refractivity contribution is 5.75. The summed E-state index contributed by atoms with van der Waals surface area (Å²) in [5.74, 6) is -1.42. The first-order valence-electron chi connectivity index (χ1n) is 4.32. The van der Waals surface area contributed by atoms with Crippen LogP contribution in [0.25, 0.3) is 0 Å². The number of ether oxygens (including phenoxy) is 1. The van der Waals surface area contributed by atoms with Gasteiger partial charge in [-0.1, -0.05) is 12.1 Å². The summed E-state index contributed by atoms with van der Waals surface area (Å²) in [7, 11) is 0. The molecule has 1 unspecified atom stereocenters. The minimum absolute atomic E-state index is 0.255. The molecule has 14 heavy (non-hydrogen) atoms. The largest absolute Gasteiger partial charge is 0.479 e.